The van der Waals surface area contributed by atoms with E-state index in [4.69, 9.17) is 11.6 Å². The Bertz CT molecular complexity index is 1380. The quantitative estimate of drug-likeness (QED) is 0.362. The minimum Gasteiger partial charge on any atom is -0.355 e. The van der Waals surface area contributed by atoms with Crippen LogP contribution in [0.1, 0.15) is 37.5 Å². The number of nitrogens with one attached hydrogen (secondary N) is 1. The van der Waals surface area contributed by atoms with E-state index < -0.39 is 28.5 Å². The lowest BCUT2D eigenvalue weighted by atomic mass is 10.1. The third kappa shape index (κ3) is 6.94. The van der Waals surface area contributed by atoms with Crippen LogP contribution in [0.25, 0.3) is 0 Å². The van der Waals surface area contributed by atoms with Gasteiger partial charge in [0.1, 0.15) is 12.6 Å². The molecule has 0 aliphatic carbocycles. The molecule has 9 heteroatoms. The van der Waals surface area contributed by atoms with Crippen LogP contribution in [0, 0.1) is 6.92 Å². The second-order valence-corrected chi connectivity index (χ2v) is 11.3. The summed E-state index contributed by atoms with van der Waals surface area (Å²) in [7, 11) is -4.10. The van der Waals surface area contributed by atoms with E-state index in [2.05, 4.69) is 5.32 Å². The molecule has 0 radical (unpaired) electrons. The molecule has 38 heavy (non-hydrogen) atoms. The molecule has 3 aromatic carbocycles. The standard InChI is InChI=1S/C29H34ClN3O4S/c1-5-24-11-7-8-13-27(24)33(38(36,37)26-16-14-21(3)15-17-26)20-28(34)32(22(4)29(35)31-6-2)19-23-10-9-12-25(30)18-23/h7-18,22H,5-6,19-20H2,1-4H3,(H,31,35)/t22-/m1/s1. The first kappa shape index (κ1) is 29.2. The summed E-state index contributed by atoms with van der Waals surface area (Å²) in [5.74, 6) is -0.838. The van der Waals surface area contributed by atoms with Crippen molar-refractivity contribution in [2.75, 3.05) is 17.4 Å². The van der Waals surface area contributed by atoms with Gasteiger partial charge in [-0.2, -0.15) is 0 Å². The fourth-order valence-corrected chi connectivity index (χ4v) is 5.81. The number of hydrogen-bond acceptors (Lipinski definition) is 4. The van der Waals surface area contributed by atoms with Crippen LogP contribution >= 0.6 is 11.6 Å². The lowest BCUT2D eigenvalue weighted by Crippen LogP contribution is -2.51. The van der Waals surface area contributed by atoms with Crippen LogP contribution in [-0.2, 0) is 32.6 Å². The molecular formula is C29H34ClN3O4S. The van der Waals surface area contributed by atoms with Crippen molar-refractivity contribution in [1.82, 2.24) is 10.2 Å². The molecule has 7 nitrogen and oxygen atoms in total. The summed E-state index contributed by atoms with van der Waals surface area (Å²) in [6, 6.07) is 19.8. The molecule has 0 saturated carbocycles. The number of rotatable bonds is 11. The minimum atomic E-state index is -4.10. The summed E-state index contributed by atoms with van der Waals surface area (Å²) in [4.78, 5) is 28.2. The largest absolute Gasteiger partial charge is 0.355 e. The van der Waals surface area contributed by atoms with Gasteiger partial charge in [-0.25, -0.2) is 8.42 Å². The van der Waals surface area contributed by atoms with Gasteiger partial charge in [0.2, 0.25) is 11.8 Å². The van der Waals surface area contributed by atoms with Crippen molar-refractivity contribution < 1.29 is 18.0 Å². The molecule has 0 fully saturated rings. The number of amides is 2. The number of anilines is 1. The van der Waals surface area contributed by atoms with Crippen molar-refractivity contribution in [2.45, 2.75) is 51.6 Å². The smallest absolute Gasteiger partial charge is 0.264 e. The van der Waals surface area contributed by atoms with Gasteiger partial charge < -0.3 is 10.2 Å². The predicted octanol–water partition coefficient (Wildman–Crippen LogP) is 4.96. The molecule has 0 heterocycles. The highest BCUT2D eigenvalue weighted by molar-refractivity contribution is 7.92. The summed E-state index contributed by atoms with van der Waals surface area (Å²) in [5, 5.41) is 3.25. The Hall–Kier alpha value is -3.36. The highest BCUT2D eigenvalue weighted by atomic mass is 35.5. The number of benzene rings is 3. The average molecular weight is 556 g/mol. The lowest BCUT2D eigenvalue weighted by molar-refractivity contribution is -0.139. The normalized spacial score (nSPS) is 12.0. The van der Waals surface area contributed by atoms with E-state index in [1.54, 1.807) is 56.3 Å². The van der Waals surface area contributed by atoms with Gasteiger partial charge >= 0.3 is 0 Å². The third-order valence-electron chi connectivity index (χ3n) is 6.29. The van der Waals surface area contributed by atoms with Gasteiger partial charge in [-0.3, -0.25) is 13.9 Å². The number of aryl methyl sites for hydroxylation is 2. The van der Waals surface area contributed by atoms with Crippen LogP contribution in [0.3, 0.4) is 0 Å². The van der Waals surface area contributed by atoms with Crippen molar-refractivity contribution in [2.24, 2.45) is 0 Å². The predicted molar refractivity (Wildman–Crippen MR) is 152 cm³/mol. The maximum absolute atomic E-state index is 13.9. The lowest BCUT2D eigenvalue weighted by Gasteiger charge is -2.32. The second kappa shape index (κ2) is 12.9. The minimum absolute atomic E-state index is 0.0833. The van der Waals surface area contributed by atoms with Gasteiger partial charge in [-0.1, -0.05) is 66.6 Å². The molecule has 0 spiro atoms. The molecule has 2 amide bonds. The Morgan fingerprint density at radius 3 is 2.29 bits per heavy atom. The molecule has 1 atom stereocenters. The van der Waals surface area contributed by atoms with Crippen LogP contribution in [0.5, 0.6) is 0 Å². The van der Waals surface area contributed by atoms with Crippen molar-refractivity contribution in [3.8, 4) is 0 Å². The van der Waals surface area contributed by atoms with Gasteiger partial charge in [0, 0.05) is 18.1 Å². The zero-order chi connectivity index (χ0) is 27.9. The van der Waals surface area contributed by atoms with Crippen molar-refractivity contribution in [3.63, 3.8) is 0 Å². The Morgan fingerprint density at radius 2 is 1.66 bits per heavy atom. The summed E-state index contributed by atoms with van der Waals surface area (Å²) < 4.78 is 29.0. The van der Waals surface area contributed by atoms with Gasteiger partial charge in [-0.15, -0.1) is 0 Å². The van der Waals surface area contributed by atoms with Crippen molar-refractivity contribution in [1.29, 1.82) is 0 Å². The first-order valence-corrected chi connectivity index (χ1v) is 14.4. The first-order valence-electron chi connectivity index (χ1n) is 12.6. The van der Waals surface area contributed by atoms with Crippen molar-refractivity contribution >= 4 is 39.1 Å². The Kier molecular flexibility index (Phi) is 9.94. The molecule has 0 unspecified atom stereocenters. The van der Waals surface area contributed by atoms with E-state index in [-0.39, 0.29) is 17.3 Å². The number of halogens is 1. The van der Waals surface area contributed by atoms with Gasteiger partial charge in [0.15, 0.2) is 0 Å². The molecule has 3 aromatic rings. The van der Waals surface area contributed by atoms with E-state index in [0.717, 1.165) is 21.0 Å². The van der Waals surface area contributed by atoms with E-state index in [1.165, 1.54) is 17.0 Å². The van der Waals surface area contributed by atoms with Gasteiger partial charge in [0.25, 0.3) is 10.0 Å². The molecule has 202 valence electrons. The number of carbonyl (C=O) groups is 2. The summed E-state index contributed by atoms with van der Waals surface area (Å²) >= 11 is 6.17. The van der Waals surface area contributed by atoms with E-state index in [9.17, 15) is 18.0 Å². The van der Waals surface area contributed by atoms with Gasteiger partial charge in [0.05, 0.1) is 10.6 Å². The van der Waals surface area contributed by atoms with E-state index >= 15 is 0 Å². The number of sulfonamides is 1. The maximum atomic E-state index is 13.9. The molecule has 0 aromatic heterocycles. The topological polar surface area (TPSA) is 86.8 Å². The Balaban J connectivity index is 2.07. The summed E-state index contributed by atoms with van der Waals surface area (Å²) in [6.45, 7) is 7.25. The van der Waals surface area contributed by atoms with Crippen LogP contribution in [-0.4, -0.2) is 44.3 Å². The van der Waals surface area contributed by atoms with Crippen LogP contribution in [0.4, 0.5) is 5.69 Å². The van der Waals surface area contributed by atoms with Gasteiger partial charge in [-0.05, 0) is 68.7 Å². The second-order valence-electron chi connectivity index (χ2n) is 9.03. The molecule has 0 aliphatic rings. The zero-order valence-electron chi connectivity index (χ0n) is 22.1. The maximum Gasteiger partial charge on any atom is 0.264 e. The number of carbonyl (C=O) groups excluding carboxylic acids is 2. The Morgan fingerprint density at radius 1 is 0.974 bits per heavy atom. The number of hydrogen-bond donors (Lipinski definition) is 1. The first-order chi connectivity index (χ1) is 18.1. The summed E-state index contributed by atoms with van der Waals surface area (Å²) in [6.07, 6.45) is 0.575. The molecule has 3 rings (SSSR count). The highest BCUT2D eigenvalue weighted by Crippen LogP contribution is 2.28. The molecule has 1 N–H and O–H groups in total. The third-order valence-corrected chi connectivity index (χ3v) is 8.30. The average Bonchev–Trinajstić information content (AvgIpc) is 2.90. The fourth-order valence-electron chi connectivity index (χ4n) is 4.14. The Labute approximate surface area is 230 Å². The monoisotopic (exact) mass is 555 g/mol. The fraction of sp³-hybridized carbons (Fsp3) is 0.310. The van der Waals surface area contributed by atoms with E-state index in [1.807, 2.05) is 32.0 Å². The molecule has 0 bridgehead atoms. The number of para-hydroxylation sites is 1. The van der Waals surface area contributed by atoms with Crippen LogP contribution in [0.2, 0.25) is 5.02 Å². The van der Waals surface area contributed by atoms with Crippen molar-refractivity contribution in [3.05, 3.63) is 94.5 Å². The molecule has 0 saturated heterocycles. The molecular weight excluding hydrogens is 522 g/mol. The number of nitrogens with zero attached hydrogens (tertiary/aromatic N) is 2. The summed E-state index contributed by atoms with van der Waals surface area (Å²) in [5.41, 5.74) is 2.86. The highest BCUT2D eigenvalue weighted by Gasteiger charge is 2.33. The van der Waals surface area contributed by atoms with Crippen LogP contribution in [0.15, 0.2) is 77.7 Å². The molecule has 0 aliphatic heterocycles. The number of likely N-dealkylation sites (N-methyl/N-ethyl adjacent to an activating group) is 1. The zero-order valence-corrected chi connectivity index (χ0v) is 23.7. The SMILES string of the molecule is CCNC(=O)[C@@H](C)N(Cc1cccc(Cl)c1)C(=O)CN(c1ccccc1CC)S(=O)(=O)c1ccc(C)cc1. The van der Waals surface area contributed by atoms with E-state index in [0.29, 0.717) is 23.7 Å². The van der Waals surface area contributed by atoms with Crippen LogP contribution < -0.4 is 9.62 Å².